The van der Waals surface area contributed by atoms with Gasteiger partial charge in [0.05, 0.1) is 25.4 Å². The van der Waals surface area contributed by atoms with Crippen LogP contribution in [0.2, 0.25) is 0 Å². The van der Waals surface area contributed by atoms with Crippen molar-refractivity contribution >= 4 is 22.5 Å². The van der Waals surface area contributed by atoms with Crippen molar-refractivity contribution < 1.29 is 9.53 Å². The monoisotopic (exact) mass is 336 g/mol. The molecule has 0 spiro atoms. The lowest BCUT2D eigenvalue weighted by Crippen LogP contribution is -2.41. The number of fused-ring (bicyclic) bond motifs is 1. The van der Waals surface area contributed by atoms with Gasteiger partial charge in [-0.15, -0.1) is 0 Å². The summed E-state index contributed by atoms with van der Waals surface area (Å²) in [6.07, 6.45) is 1.86. The van der Waals surface area contributed by atoms with Gasteiger partial charge in [-0.05, 0) is 22.9 Å². The summed E-state index contributed by atoms with van der Waals surface area (Å²) in [5.41, 5.74) is 0.965. The lowest BCUT2D eigenvalue weighted by Gasteiger charge is -2.25. The molecule has 4 rings (SSSR count). The maximum absolute atomic E-state index is 12.2. The summed E-state index contributed by atoms with van der Waals surface area (Å²) in [7, 11) is 0. The molecule has 1 N–H and O–H groups in total. The first kappa shape index (κ1) is 15.8. The van der Waals surface area contributed by atoms with Crippen molar-refractivity contribution in [2.75, 3.05) is 38.2 Å². The molecule has 128 valence electrons. The average molecular weight is 336 g/mol. The minimum atomic E-state index is -0.0503. The molecule has 6 heteroatoms. The van der Waals surface area contributed by atoms with Gasteiger partial charge in [0.1, 0.15) is 0 Å². The van der Waals surface area contributed by atoms with E-state index >= 15 is 0 Å². The molecule has 0 unspecified atom stereocenters. The number of hydrogen-bond acceptors (Lipinski definition) is 4. The number of morpholine rings is 1. The van der Waals surface area contributed by atoms with Gasteiger partial charge in [-0.25, -0.2) is 4.68 Å². The zero-order valence-electron chi connectivity index (χ0n) is 13.9. The van der Waals surface area contributed by atoms with Gasteiger partial charge in [0.25, 0.3) is 0 Å². The fraction of sp³-hybridized carbons (Fsp3) is 0.263. The largest absolute Gasteiger partial charge is 0.379 e. The molecular weight excluding hydrogens is 316 g/mol. The lowest BCUT2D eigenvalue weighted by molar-refractivity contribution is -0.118. The fourth-order valence-electron chi connectivity index (χ4n) is 3.00. The number of carbonyl (C=O) groups excluding carboxylic acids is 1. The van der Waals surface area contributed by atoms with E-state index in [4.69, 9.17) is 4.74 Å². The highest BCUT2D eigenvalue weighted by atomic mass is 16.5. The van der Waals surface area contributed by atoms with Gasteiger partial charge >= 0.3 is 0 Å². The molecule has 0 saturated carbocycles. The molecule has 1 fully saturated rings. The molecule has 0 aliphatic carbocycles. The second kappa shape index (κ2) is 7.04. The zero-order chi connectivity index (χ0) is 17.1. The van der Waals surface area contributed by atoms with Crippen LogP contribution in [0.25, 0.3) is 16.5 Å². The normalized spacial score (nSPS) is 15.4. The summed E-state index contributed by atoms with van der Waals surface area (Å²) < 4.78 is 7.07. The van der Waals surface area contributed by atoms with Gasteiger partial charge in [0.15, 0.2) is 5.82 Å². The van der Waals surface area contributed by atoms with Crippen LogP contribution in [0.15, 0.2) is 54.7 Å². The number of nitrogens with one attached hydrogen (secondary N) is 1. The molecule has 1 aromatic heterocycles. The van der Waals surface area contributed by atoms with Gasteiger partial charge in [-0.2, -0.15) is 5.10 Å². The van der Waals surface area contributed by atoms with Crippen molar-refractivity contribution in [3.8, 4) is 5.69 Å². The number of hydrogen-bond donors (Lipinski definition) is 1. The van der Waals surface area contributed by atoms with Crippen LogP contribution in [0.5, 0.6) is 0 Å². The molecular formula is C19H20N4O2. The fourth-order valence-corrected chi connectivity index (χ4v) is 3.00. The first-order valence-corrected chi connectivity index (χ1v) is 8.43. The minimum absolute atomic E-state index is 0.0503. The third kappa shape index (κ3) is 3.70. The number of aromatic nitrogens is 2. The molecule has 0 atom stereocenters. The third-order valence-corrected chi connectivity index (χ3v) is 4.33. The highest BCUT2D eigenvalue weighted by Gasteiger charge is 2.15. The van der Waals surface area contributed by atoms with Crippen molar-refractivity contribution in [2.45, 2.75) is 0 Å². The van der Waals surface area contributed by atoms with E-state index in [0.29, 0.717) is 25.6 Å². The van der Waals surface area contributed by atoms with E-state index in [1.54, 1.807) is 4.68 Å². The molecule has 0 radical (unpaired) electrons. The molecule has 6 nitrogen and oxygen atoms in total. The van der Waals surface area contributed by atoms with Crippen LogP contribution >= 0.6 is 0 Å². The number of nitrogens with zero attached hydrogens (tertiary/aromatic N) is 3. The van der Waals surface area contributed by atoms with Crippen molar-refractivity contribution in [1.82, 2.24) is 14.7 Å². The van der Waals surface area contributed by atoms with E-state index in [2.05, 4.69) is 39.6 Å². The van der Waals surface area contributed by atoms with Crippen LogP contribution in [0.3, 0.4) is 0 Å². The Hall–Kier alpha value is -2.70. The topological polar surface area (TPSA) is 59.4 Å². The van der Waals surface area contributed by atoms with Crippen molar-refractivity contribution in [1.29, 1.82) is 0 Å². The van der Waals surface area contributed by atoms with E-state index in [1.807, 2.05) is 30.5 Å². The van der Waals surface area contributed by atoms with E-state index in [-0.39, 0.29) is 5.91 Å². The molecule has 25 heavy (non-hydrogen) atoms. The average Bonchev–Trinajstić information content (AvgIpc) is 3.10. The molecule has 2 heterocycles. The smallest absolute Gasteiger partial charge is 0.239 e. The maximum atomic E-state index is 12.2. The Kier molecular flexibility index (Phi) is 4.45. The number of amides is 1. The summed E-state index contributed by atoms with van der Waals surface area (Å²) in [5.74, 6) is 0.511. The van der Waals surface area contributed by atoms with Crippen LogP contribution in [-0.2, 0) is 9.53 Å². The Balaban J connectivity index is 1.44. The Bertz CT molecular complexity index is 884. The Morgan fingerprint density at radius 2 is 1.88 bits per heavy atom. The zero-order valence-corrected chi connectivity index (χ0v) is 13.9. The molecule has 1 aliphatic heterocycles. The highest BCUT2D eigenvalue weighted by Crippen LogP contribution is 2.18. The van der Waals surface area contributed by atoms with Gasteiger partial charge in [-0.1, -0.05) is 30.3 Å². The van der Waals surface area contributed by atoms with E-state index in [0.717, 1.165) is 24.2 Å². The summed E-state index contributed by atoms with van der Waals surface area (Å²) in [5, 5.41) is 9.68. The van der Waals surface area contributed by atoms with Crippen molar-refractivity contribution in [2.24, 2.45) is 0 Å². The Labute approximate surface area is 146 Å². The van der Waals surface area contributed by atoms with Gasteiger partial charge in [0, 0.05) is 25.4 Å². The summed E-state index contributed by atoms with van der Waals surface area (Å²) in [4.78, 5) is 14.2. The SMILES string of the molecule is O=C(CN1CCOCC1)Nc1ccn(-c2ccc3ccccc3c2)n1. The second-order valence-corrected chi connectivity index (χ2v) is 6.11. The molecule has 1 aliphatic rings. The van der Waals surface area contributed by atoms with Crippen LogP contribution in [0.1, 0.15) is 0 Å². The first-order chi connectivity index (χ1) is 12.3. The number of carbonyl (C=O) groups is 1. The lowest BCUT2D eigenvalue weighted by atomic mass is 10.1. The van der Waals surface area contributed by atoms with E-state index in [1.165, 1.54) is 5.39 Å². The van der Waals surface area contributed by atoms with Crippen LogP contribution in [0, 0.1) is 0 Å². The van der Waals surface area contributed by atoms with Crippen LogP contribution < -0.4 is 5.32 Å². The van der Waals surface area contributed by atoms with Gasteiger partial charge < -0.3 is 10.1 Å². The first-order valence-electron chi connectivity index (χ1n) is 8.43. The molecule has 1 amide bonds. The summed E-state index contributed by atoms with van der Waals surface area (Å²) in [6, 6.07) is 16.2. The summed E-state index contributed by atoms with van der Waals surface area (Å²) >= 11 is 0. The van der Waals surface area contributed by atoms with Crippen molar-refractivity contribution in [3.05, 3.63) is 54.7 Å². The summed E-state index contributed by atoms with van der Waals surface area (Å²) in [6.45, 7) is 3.32. The maximum Gasteiger partial charge on any atom is 0.239 e. The quantitative estimate of drug-likeness (QED) is 0.794. The van der Waals surface area contributed by atoms with Crippen LogP contribution in [0.4, 0.5) is 5.82 Å². The Morgan fingerprint density at radius 3 is 2.72 bits per heavy atom. The number of benzene rings is 2. The standard InChI is InChI=1S/C19H20N4O2/c24-19(14-22-9-11-25-12-10-22)20-18-7-8-23(21-18)17-6-5-15-3-1-2-4-16(15)13-17/h1-8,13H,9-12,14H2,(H,20,21,24). The molecule has 3 aromatic rings. The number of ether oxygens (including phenoxy) is 1. The molecule has 2 aromatic carbocycles. The predicted octanol–water partition coefficient (Wildman–Crippen LogP) is 2.30. The number of anilines is 1. The number of rotatable bonds is 4. The highest BCUT2D eigenvalue weighted by molar-refractivity contribution is 5.91. The second-order valence-electron chi connectivity index (χ2n) is 6.11. The predicted molar refractivity (Wildman–Crippen MR) is 97.0 cm³/mol. The third-order valence-electron chi connectivity index (χ3n) is 4.33. The molecule has 0 bridgehead atoms. The van der Waals surface area contributed by atoms with Gasteiger partial charge in [0.2, 0.25) is 5.91 Å². The van der Waals surface area contributed by atoms with Gasteiger partial charge in [-0.3, -0.25) is 9.69 Å². The minimum Gasteiger partial charge on any atom is -0.379 e. The van der Waals surface area contributed by atoms with Crippen LogP contribution in [-0.4, -0.2) is 53.4 Å². The van der Waals surface area contributed by atoms with Crippen molar-refractivity contribution in [3.63, 3.8) is 0 Å². The molecule has 1 saturated heterocycles. The van der Waals surface area contributed by atoms with E-state index < -0.39 is 0 Å². The van der Waals surface area contributed by atoms with E-state index in [9.17, 15) is 4.79 Å². The Morgan fingerprint density at radius 1 is 1.08 bits per heavy atom.